The summed E-state index contributed by atoms with van der Waals surface area (Å²) in [5, 5.41) is 0. The third-order valence-electron chi connectivity index (χ3n) is 3.10. The number of benzene rings is 1. The van der Waals surface area contributed by atoms with Crippen LogP contribution < -0.4 is 15.2 Å². The van der Waals surface area contributed by atoms with Crippen LogP contribution in [0, 0.1) is 0 Å². The summed E-state index contributed by atoms with van der Waals surface area (Å²) in [5.41, 5.74) is 6.30. The zero-order chi connectivity index (χ0) is 14.0. The lowest BCUT2D eigenvalue weighted by Crippen LogP contribution is -2.34. The molecule has 19 heavy (non-hydrogen) atoms. The molecule has 1 atom stereocenters. The fourth-order valence-electron chi connectivity index (χ4n) is 2.03. The van der Waals surface area contributed by atoms with Crippen molar-refractivity contribution in [2.45, 2.75) is 19.0 Å². The first-order chi connectivity index (χ1) is 9.06. The lowest BCUT2D eigenvalue weighted by molar-refractivity contribution is -0.139. The van der Waals surface area contributed by atoms with E-state index in [1.807, 2.05) is 0 Å². The normalized spacial score (nSPS) is 18.9. The van der Waals surface area contributed by atoms with Gasteiger partial charge in [0.1, 0.15) is 11.5 Å². The molecule has 0 radical (unpaired) electrons. The molecule has 2 N–H and O–H groups in total. The maximum absolute atomic E-state index is 11.8. The average molecular weight is 264 g/mol. The molecule has 1 saturated heterocycles. The van der Waals surface area contributed by atoms with Crippen molar-refractivity contribution in [1.29, 1.82) is 0 Å². The number of nitrogens with two attached hydrogens (primary N) is 1. The molecular formula is C13H16N2O4. The lowest BCUT2D eigenvalue weighted by atomic mass is 10.1. The van der Waals surface area contributed by atoms with E-state index in [2.05, 4.69) is 0 Å². The Kier molecular flexibility index (Phi) is 3.71. The van der Waals surface area contributed by atoms with Crippen LogP contribution in [0.3, 0.4) is 0 Å². The van der Waals surface area contributed by atoms with Crippen LogP contribution in [0.4, 0.5) is 0 Å². The molecule has 2 rings (SSSR count). The summed E-state index contributed by atoms with van der Waals surface area (Å²) in [7, 11) is 3.08. The Labute approximate surface area is 111 Å². The van der Waals surface area contributed by atoms with Crippen molar-refractivity contribution in [2.75, 3.05) is 14.2 Å². The van der Waals surface area contributed by atoms with Crippen molar-refractivity contribution in [1.82, 2.24) is 4.90 Å². The number of hydrogen-bond donors (Lipinski definition) is 1. The topological polar surface area (TPSA) is 81.9 Å². The molecule has 0 saturated carbocycles. The van der Waals surface area contributed by atoms with Crippen molar-refractivity contribution >= 4 is 11.8 Å². The predicted molar refractivity (Wildman–Crippen MR) is 67.7 cm³/mol. The van der Waals surface area contributed by atoms with Crippen molar-refractivity contribution in [3.05, 3.63) is 23.8 Å². The number of imide groups is 1. The van der Waals surface area contributed by atoms with E-state index in [1.54, 1.807) is 25.3 Å². The Bertz CT molecular complexity index is 515. The van der Waals surface area contributed by atoms with E-state index < -0.39 is 6.04 Å². The van der Waals surface area contributed by atoms with Gasteiger partial charge in [-0.2, -0.15) is 0 Å². The molecule has 1 unspecified atom stereocenters. The molecule has 1 fully saturated rings. The monoisotopic (exact) mass is 264 g/mol. The first-order valence-corrected chi connectivity index (χ1v) is 5.87. The van der Waals surface area contributed by atoms with Gasteiger partial charge in [-0.05, 0) is 12.1 Å². The van der Waals surface area contributed by atoms with E-state index in [-0.39, 0.29) is 24.8 Å². The average Bonchev–Trinajstić information content (AvgIpc) is 2.65. The highest BCUT2D eigenvalue weighted by atomic mass is 16.5. The molecule has 1 aliphatic heterocycles. The second-order valence-corrected chi connectivity index (χ2v) is 4.31. The summed E-state index contributed by atoms with van der Waals surface area (Å²) < 4.78 is 10.3. The number of hydrogen-bond acceptors (Lipinski definition) is 5. The van der Waals surface area contributed by atoms with E-state index in [0.717, 1.165) is 10.5 Å². The first kappa shape index (κ1) is 13.4. The van der Waals surface area contributed by atoms with Gasteiger partial charge in [-0.25, -0.2) is 0 Å². The van der Waals surface area contributed by atoms with E-state index in [1.165, 1.54) is 7.11 Å². The van der Waals surface area contributed by atoms with Gasteiger partial charge in [0.25, 0.3) is 0 Å². The number of amides is 2. The maximum Gasteiger partial charge on any atom is 0.246 e. The minimum Gasteiger partial charge on any atom is -0.497 e. The largest absolute Gasteiger partial charge is 0.497 e. The van der Waals surface area contributed by atoms with Gasteiger partial charge in [-0.1, -0.05) is 0 Å². The number of carbonyl (C=O) groups excluding carboxylic acids is 2. The van der Waals surface area contributed by atoms with Gasteiger partial charge in [0, 0.05) is 11.6 Å². The zero-order valence-corrected chi connectivity index (χ0v) is 10.9. The SMILES string of the molecule is COc1ccc(CN2C(=O)CC(N)C2=O)c(OC)c1. The van der Waals surface area contributed by atoms with Crippen LogP contribution in [0.15, 0.2) is 18.2 Å². The number of methoxy groups -OCH3 is 2. The minimum atomic E-state index is -0.725. The third-order valence-corrected chi connectivity index (χ3v) is 3.10. The van der Waals surface area contributed by atoms with Gasteiger partial charge in [-0.3, -0.25) is 14.5 Å². The molecule has 102 valence electrons. The van der Waals surface area contributed by atoms with E-state index in [9.17, 15) is 9.59 Å². The molecule has 1 aromatic carbocycles. The van der Waals surface area contributed by atoms with Crippen LogP contribution in [-0.4, -0.2) is 37.0 Å². The molecule has 1 aliphatic rings. The molecular weight excluding hydrogens is 248 g/mol. The highest BCUT2D eigenvalue weighted by Crippen LogP contribution is 2.27. The molecule has 1 aromatic rings. The van der Waals surface area contributed by atoms with Gasteiger partial charge < -0.3 is 15.2 Å². The summed E-state index contributed by atoms with van der Waals surface area (Å²) in [4.78, 5) is 24.6. The quantitative estimate of drug-likeness (QED) is 0.790. The van der Waals surface area contributed by atoms with Crippen LogP contribution >= 0.6 is 0 Å². The molecule has 2 amide bonds. The summed E-state index contributed by atoms with van der Waals surface area (Å²) in [5.74, 6) is 0.620. The molecule has 0 aliphatic carbocycles. The molecule has 1 heterocycles. The lowest BCUT2D eigenvalue weighted by Gasteiger charge is -2.17. The van der Waals surface area contributed by atoms with Crippen molar-refractivity contribution in [3.8, 4) is 11.5 Å². The standard InChI is InChI=1S/C13H16N2O4/c1-18-9-4-3-8(11(5-9)19-2)7-15-12(16)6-10(14)13(15)17/h3-5,10H,6-7,14H2,1-2H3. The van der Waals surface area contributed by atoms with Gasteiger partial charge in [-0.15, -0.1) is 0 Å². The Morgan fingerprint density at radius 2 is 2.05 bits per heavy atom. The Balaban J connectivity index is 2.24. The van der Waals surface area contributed by atoms with Crippen LogP contribution in [0.1, 0.15) is 12.0 Å². The van der Waals surface area contributed by atoms with Gasteiger partial charge in [0.05, 0.1) is 33.2 Å². The summed E-state index contributed by atoms with van der Waals surface area (Å²) >= 11 is 0. The highest BCUT2D eigenvalue weighted by Gasteiger charge is 2.36. The van der Waals surface area contributed by atoms with Gasteiger partial charge in [0.15, 0.2) is 0 Å². The van der Waals surface area contributed by atoms with Crippen LogP contribution in [0.25, 0.3) is 0 Å². The van der Waals surface area contributed by atoms with Crippen LogP contribution in [0.5, 0.6) is 11.5 Å². The third kappa shape index (κ3) is 2.53. The summed E-state index contributed by atoms with van der Waals surface area (Å²) in [6.45, 7) is 0.165. The zero-order valence-electron chi connectivity index (χ0n) is 10.9. The smallest absolute Gasteiger partial charge is 0.246 e. The maximum atomic E-state index is 11.8. The second-order valence-electron chi connectivity index (χ2n) is 4.31. The molecule has 6 nitrogen and oxygen atoms in total. The van der Waals surface area contributed by atoms with Gasteiger partial charge >= 0.3 is 0 Å². The fraction of sp³-hybridized carbons (Fsp3) is 0.385. The van der Waals surface area contributed by atoms with Gasteiger partial charge in [0.2, 0.25) is 11.8 Å². The summed E-state index contributed by atoms with van der Waals surface area (Å²) in [6, 6.07) is 4.50. The van der Waals surface area contributed by atoms with Crippen molar-refractivity contribution < 1.29 is 19.1 Å². The van der Waals surface area contributed by atoms with Crippen molar-refractivity contribution in [3.63, 3.8) is 0 Å². The minimum absolute atomic E-state index is 0.0668. The van der Waals surface area contributed by atoms with E-state index in [0.29, 0.717) is 11.5 Å². The van der Waals surface area contributed by atoms with Crippen molar-refractivity contribution in [2.24, 2.45) is 5.73 Å². The Hall–Kier alpha value is -2.08. The molecule has 0 spiro atoms. The van der Waals surface area contributed by atoms with Crippen LogP contribution in [-0.2, 0) is 16.1 Å². The number of rotatable bonds is 4. The Morgan fingerprint density at radius 1 is 1.32 bits per heavy atom. The number of carbonyl (C=O) groups is 2. The van der Waals surface area contributed by atoms with E-state index >= 15 is 0 Å². The second kappa shape index (κ2) is 5.27. The van der Waals surface area contributed by atoms with Crippen LogP contribution in [0.2, 0.25) is 0 Å². The Morgan fingerprint density at radius 3 is 2.58 bits per heavy atom. The molecule has 0 aromatic heterocycles. The number of ether oxygens (including phenoxy) is 2. The number of likely N-dealkylation sites (tertiary alicyclic amines) is 1. The fourth-order valence-corrected chi connectivity index (χ4v) is 2.03. The van der Waals surface area contributed by atoms with E-state index in [4.69, 9.17) is 15.2 Å². The molecule has 0 bridgehead atoms. The predicted octanol–water partition coefficient (Wildman–Crippen LogP) is 0.290. The molecule has 6 heteroatoms. The first-order valence-electron chi connectivity index (χ1n) is 5.87. The number of nitrogens with zero attached hydrogens (tertiary/aromatic N) is 1. The summed E-state index contributed by atoms with van der Waals surface area (Å²) in [6.07, 6.45) is 0.0668. The highest BCUT2D eigenvalue weighted by molar-refractivity contribution is 6.05.